The standard InChI is InChI=1S/C12H18ClNO2/c1-12(2,3)16-8-7-15-9-10-5-4-6-14-11(10)13/h4-6H,7-9H2,1-3H3. The van der Waals surface area contributed by atoms with Crippen LogP contribution in [0.3, 0.4) is 0 Å². The van der Waals surface area contributed by atoms with E-state index in [4.69, 9.17) is 21.1 Å². The van der Waals surface area contributed by atoms with Crippen LogP contribution in [0, 0.1) is 0 Å². The van der Waals surface area contributed by atoms with Crippen molar-refractivity contribution in [1.29, 1.82) is 0 Å². The smallest absolute Gasteiger partial charge is 0.134 e. The summed E-state index contributed by atoms with van der Waals surface area (Å²) < 4.78 is 11.0. The number of aromatic nitrogens is 1. The Kier molecular flexibility index (Phi) is 5.19. The molecule has 0 aromatic carbocycles. The number of nitrogens with zero attached hydrogens (tertiary/aromatic N) is 1. The van der Waals surface area contributed by atoms with Crippen molar-refractivity contribution in [2.24, 2.45) is 0 Å². The first-order chi connectivity index (χ1) is 7.49. The number of rotatable bonds is 5. The summed E-state index contributed by atoms with van der Waals surface area (Å²) in [6.07, 6.45) is 1.66. The van der Waals surface area contributed by atoms with Gasteiger partial charge >= 0.3 is 0 Å². The van der Waals surface area contributed by atoms with Gasteiger partial charge in [0.15, 0.2) is 0 Å². The van der Waals surface area contributed by atoms with E-state index in [0.29, 0.717) is 25.0 Å². The predicted octanol–water partition coefficient (Wildman–Crippen LogP) is 3.07. The van der Waals surface area contributed by atoms with E-state index in [1.165, 1.54) is 0 Å². The molecule has 0 saturated carbocycles. The molecule has 4 heteroatoms. The average Bonchev–Trinajstić information content (AvgIpc) is 2.18. The number of ether oxygens (including phenoxy) is 2. The highest BCUT2D eigenvalue weighted by molar-refractivity contribution is 6.30. The minimum atomic E-state index is -0.116. The molecule has 3 nitrogen and oxygen atoms in total. The average molecular weight is 244 g/mol. The molecule has 0 saturated heterocycles. The van der Waals surface area contributed by atoms with Crippen molar-refractivity contribution in [1.82, 2.24) is 4.98 Å². The zero-order chi connectivity index (χ0) is 12.0. The van der Waals surface area contributed by atoms with E-state index in [1.54, 1.807) is 6.20 Å². The Morgan fingerprint density at radius 2 is 2.06 bits per heavy atom. The highest BCUT2D eigenvalue weighted by atomic mass is 35.5. The third-order valence-electron chi connectivity index (χ3n) is 1.86. The van der Waals surface area contributed by atoms with Crippen LogP contribution in [-0.4, -0.2) is 23.8 Å². The lowest BCUT2D eigenvalue weighted by Gasteiger charge is -2.19. The van der Waals surface area contributed by atoms with Gasteiger partial charge in [0.1, 0.15) is 5.15 Å². The fourth-order valence-electron chi connectivity index (χ4n) is 1.12. The zero-order valence-corrected chi connectivity index (χ0v) is 10.8. The first-order valence-corrected chi connectivity index (χ1v) is 5.68. The van der Waals surface area contributed by atoms with Gasteiger partial charge in [0.05, 0.1) is 25.4 Å². The maximum Gasteiger partial charge on any atom is 0.134 e. The molecule has 0 amide bonds. The van der Waals surface area contributed by atoms with Crippen molar-refractivity contribution in [3.63, 3.8) is 0 Å². The van der Waals surface area contributed by atoms with Crippen molar-refractivity contribution < 1.29 is 9.47 Å². The van der Waals surface area contributed by atoms with E-state index >= 15 is 0 Å². The molecule has 0 unspecified atom stereocenters. The highest BCUT2D eigenvalue weighted by Gasteiger charge is 2.09. The third-order valence-corrected chi connectivity index (χ3v) is 2.20. The molecule has 0 atom stereocenters. The summed E-state index contributed by atoms with van der Waals surface area (Å²) in [7, 11) is 0. The van der Waals surface area contributed by atoms with Crippen molar-refractivity contribution in [3.05, 3.63) is 29.0 Å². The first-order valence-electron chi connectivity index (χ1n) is 5.30. The maximum absolute atomic E-state index is 5.89. The van der Waals surface area contributed by atoms with E-state index in [0.717, 1.165) is 5.56 Å². The Balaban J connectivity index is 2.19. The van der Waals surface area contributed by atoms with Crippen molar-refractivity contribution in [3.8, 4) is 0 Å². The largest absolute Gasteiger partial charge is 0.374 e. The van der Waals surface area contributed by atoms with Crippen molar-refractivity contribution >= 4 is 11.6 Å². The second-order valence-corrected chi connectivity index (χ2v) is 4.82. The third kappa shape index (κ3) is 5.45. The molecule has 0 fully saturated rings. The van der Waals surface area contributed by atoms with Gasteiger partial charge in [-0.3, -0.25) is 0 Å². The molecule has 1 aromatic heterocycles. The number of hydrogen-bond acceptors (Lipinski definition) is 3. The SMILES string of the molecule is CC(C)(C)OCCOCc1cccnc1Cl. The van der Waals surface area contributed by atoms with E-state index in [-0.39, 0.29) is 5.60 Å². The molecule has 0 bridgehead atoms. The van der Waals surface area contributed by atoms with Crippen LogP contribution in [0.1, 0.15) is 26.3 Å². The van der Waals surface area contributed by atoms with E-state index < -0.39 is 0 Å². The summed E-state index contributed by atoms with van der Waals surface area (Å²) in [5, 5.41) is 0.499. The van der Waals surface area contributed by atoms with Gasteiger partial charge in [-0.2, -0.15) is 0 Å². The fourth-order valence-corrected chi connectivity index (χ4v) is 1.29. The summed E-state index contributed by atoms with van der Waals surface area (Å²) in [5.74, 6) is 0. The van der Waals surface area contributed by atoms with Crippen LogP contribution in [0.5, 0.6) is 0 Å². The quantitative estimate of drug-likeness (QED) is 0.588. The van der Waals surface area contributed by atoms with Crippen molar-refractivity contribution in [2.75, 3.05) is 13.2 Å². The Morgan fingerprint density at radius 3 is 2.69 bits per heavy atom. The van der Waals surface area contributed by atoms with Crippen LogP contribution < -0.4 is 0 Å². The molecule has 1 rings (SSSR count). The Bertz CT molecular complexity index is 323. The molecule has 0 N–H and O–H groups in total. The van der Waals surface area contributed by atoms with Gasteiger partial charge in [0.25, 0.3) is 0 Å². The van der Waals surface area contributed by atoms with Crippen LogP contribution >= 0.6 is 11.6 Å². The highest BCUT2D eigenvalue weighted by Crippen LogP contribution is 2.12. The monoisotopic (exact) mass is 243 g/mol. The van der Waals surface area contributed by atoms with Crippen LogP contribution in [0.15, 0.2) is 18.3 Å². The van der Waals surface area contributed by atoms with Crippen LogP contribution in [0.4, 0.5) is 0 Å². The predicted molar refractivity (Wildman–Crippen MR) is 64.6 cm³/mol. The van der Waals surface area contributed by atoms with Gasteiger partial charge in [-0.15, -0.1) is 0 Å². The second-order valence-electron chi connectivity index (χ2n) is 4.47. The molecule has 1 heterocycles. The van der Waals surface area contributed by atoms with Gasteiger partial charge in [-0.25, -0.2) is 4.98 Å². The Hall–Kier alpha value is -0.640. The number of hydrogen-bond donors (Lipinski definition) is 0. The lowest BCUT2D eigenvalue weighted by molar-refractivity contribution is -0.0377. The molecule has 0 radical (unpaired) electrons. The molecule has 0 spiro atoms. The summed E-state index contributed by atoms with van der Waals surface area (Å²) >= 11 is 5.89. The van der Waals surface area contributed by atoms with Crippen LogP contribution in [0.2, 0.25) is 5.15 Å². The topological polar surface area (TPSA) is 31.4 Å². The lowest BCUT2D eigenvalue weighted by atomic mass is 10.2. The van der Waals surface area contributed by atoms with Gasteiger partial charge in [-0.1, -0.05) is 17.7 Å². The summed E-state index contributed by atoms with van der Waals surface area (Å²) in [5.41, 5.74) is 0.787. The fraction of sp³-hybridized carbons (Fsp3) is 0.583. The molecular formula is C12H18ClNO2. The summed E-state index contributed by atoms with van der Waals surface area (Å²) in [6, 6.07) is 3.75. The van der Waals surface area contributed by atoms with Crippen LogP contribution in [0.25, 0.3) is 0 Å². The number of pyridine rings is 1. The lowest BCUT2D eigenvalue weighted by Crippen LogP contribution is -2.21. The van der Waals surface area contributed by atoms with Gasteiger partial charge in [0, 0.05) is 11.8 Å². The molecule has 90 valence electrons. The van der Waals surface area contributed by atoms with Gasteiger partial charge in [0.2, 0.25) is 0 Å². The molecule has 0 aliphatic rings. The van der Waals surface area contributed by atoms with Gasteiger partial charge < -0.3 is 9.47 Å². The maximum atomic E-state index is 5.89. The minimum absolute atomic E-state index is 0.116. The van der Waals surface area contributed by atoms with Gasteiger partial charge in [-0.05, 0) is 26.8 Å². The van der Waals surface area contributed by atoms with E-state index in [1.807, 2.05) is 32.9 Å². The number of halogens is 1. The minimum Gasteiger partial charge on any atom is -0.374 e. The first kappa shape index (κ1) is 13.4. The molecule has 0 aliphatic heterocycles. The summed E-state index contributed by atoms with van der Waals surface area (Å²) in [4.78, 5) is 3.97. The molecular weight excluding hydrogens is 226 g/mol. The second kappa shape index (κ2) is 6.18. The molecule has 0 aliphatic carbocycles. The van der Waals surface area contributed by atoms with Crippen LogP contribution in [-0.2, 0) is 16.1 Å². The van der Waals surface area contributed by atoms with E-state index in [2.05, 4.69) is 4.98 Å². The Labute approximate surface area is 102 Å². The molecule has 1 aromatic rings. The Morgan fingerprint density at radius 1 is 1.31 bits per heavy atom. The summed E-state index contributed by atoms with van der Waals surface area (Å²) in [6.45, 7) is 7.67. The van der Waals surface area contributed by atoms with Crippen molar-refractivity contribution in [2.45, 2.75) is 33.0 Å². The normalized spacial score (nSPS) is 11.8. The molecule has 16 heavy (non-hydrogen) atoms. The van der Waals surface area contributed by atoms with E-state index in [9.17, 15) is 0 Å². The zero-order valence-electron chi connectivity index (χ0n) is 10.00.